The van der Waals surface area contributed by atoms with Crippen LogP contribution in [0, 0.1) is 25.2 Å². The number of aromatic nitrogens is 5. The molecule has 9 aromatic carbocycles. The Kier molecular flexibility index (Phi) is 15.6. The molecule has 0 unspecified atom stereocenters. The third-order valence-corrected chi connectivity index (χ3v) is 16.0. The molecule has 0 amide bonds. The van der Waals surface area contributed by atoms with Gasteiger partial charge in [-0.15, -0.1) is 0 Å². The monoisotopic (exact) mass is 1390 g/mol. The molecule has 0 aliphatic heterocycles. The molecule has 0 saturated heterocycles. The number of nitrogens with zero attached hydrogens (tertiary/aromatic N) is 6. The maximum absolute atomic E-state index is 14.3. The molecule has 12 rings (SSSR count). The van der Waals surface area contributed by atoms with Crippen molar-refractivity contribution in [1.82, 2.24) is 24.1 Å². The number of halogens is 24. The minimum atomic E-state index is -5.36. The summed E-state index contributed by atoms with van der Waals surface area (Å²) in [6, 6.07) is 20.3. The molecule has 0 aliphatic rings. The van der Waals surface area contributed by atoms with Gasteiger partial charge in [-0.3, -0.25) is 0 Å². The van der Waals surface area contributed by atoms with E-state index in [1.165, 1.54) is 59.4 Å². The fourth-order valence-corrected chi connectivity index (χ4v) is 11.7. The van der Waals surface area contributed by atoms with E-state index in [0.29, 0.717) is 48.5 Å². The Morgan fingerprint density at radius 3 is 0.735 bits per heavy atom. The van der Waals surface area contributed by atoms with E-state index in [-0.39, 0.29) is 125 Å². The first-order valence-electron chi connectivity index (χ1n) is 28.0. The highest BCUT2D eigenvalue weighted by Crippen LogP contribution is 2.49. The van der Waals surface area contributed by atoms with Crippen molar-refractivity contribution in [2.45, 2.75) is 63.3 Å². The second kappa shape index (κ2) is 22.8. The highest BCUT2D eigenvalue weighted by atomic mass is 19.4. The predicted molar refractivity (Wildman–Crippen MR) is 310 cm³/mol. The molecular formula is C68H32F24N6. The lowest BCUT2D eigenvalue weighted by Gasteiger charge is -2.19. The summed E-state index contributed by atoms with van der Waals surface area (Å²) >= 11 is 0. The Labute approximate surface area is 532 Å². The minimum absolute atomic E-state index is 0.0166. The molecule has 0 radical (unpaired) electrons. The van der Waals surface area contributed by atoms with Crippen LogP contribution in [0.2, 0.25) is 0 Å². The summed E-state index contributed by atoms with van der Waals surface area (Å²) in [7, 11) is 0. The number of alkyl halides is 24. The molecule has 0 fully saturated rings. The summed E-state index contributed by atoms with van der Waals surface area (Å²) in [6.07, 6.45) is -42.9. The van der Waals surface area contributed by atoms with Gasteiger partial charge in [-0.2, -0.15) is 111 Å². The van der Waals surface area contributed by atoms with Gasteiger partial charge < -0.3 is 9.13 Å². The third kappa shape index (κ3) is 12.6. The average molecular weight is 1390 g/mol. The Hall–Kier alpha value is -10.6. The summed E-state index contributed by atoms with van der Waals surface area (Å²) in [4.78, 5) is 13.3. The predicted octanol–water partition coefficient (Wildman–Crippen LogP) is 23.0. The van der Waals surface area contributed by atoms with Crippen LogP contribution in [0.15, 0.2) is 158 Å². The van der Waals surface area contributed by atoms with Crippen molar-refractivity contribution < 1.29 is 105 Å². The summed E-state index contributed by atoms with van der Waals surface area (Å²) in [5, 5.41) is 10.7. The van der Waals surface area contributed by atoms with Gasteiger partial charge in [0.25, 0.3) is 0 Å². The van der Waals surface area contributed by atoms with E-state index < -0.39 is 122 Å². The molecule has 0 saturated carbocycles. The Balaban J connectivity index is 1.18. The molecule has 0 atom stereocenters. The molecule has 3 heterocycles. The van der Waals surface area contributed by atoms with Crippen molar-refractivity contribution in [2.24, 2.45) is 0 Å². The van der Waals surface area contributed by atoms with Gasteiger partial charge in [0.1, 0.15) is 17.7 Å². The second-order valence-electron chi connectivity index (χ2n) is 22.5. The lowest BCUT2D eigenvalue weighted by Crippen LogP contribution is -2.11. The van der Waals surface area contributed by atoms with E-state index in [4.69, 9.17) is 0 Å². The molecule has 0 N–H and O–H groups in total. The molecule has 3 aromatic heterocycles. The van der Waals surface area contributed by atoms with Crippen LogP contribution in [0.3, 0.4) is 0 Å². The highest BCUT2D eigenvalue weighted by Gasteiger charge is 2.42. The summed E-state index contributed by atoms with van der Waals surface area (Å²) in [5.41, 5.74) is -19.4. The van der Waals surface area contributed by atoms with Gasteiger partial charge in [-0.05, 0) is 192 Å². The number of hydrogen-bond acceptors (Lipinski definition) is 4. The van der Waals surface area contributed by atoms with Crippen molar-refractivity contribution >= 4 is 43.6 Å². The standard InChI is InChI=1S/C68H32F24N6/c1-30-94-31(2)96-60(95-30)53-28-58(97-54-7-3-32(36-11-41(61(69,70)71)24-42(12-36)62(72,73)74)19-49(54)50-20-33(4-8-55(50)97)37-13-43(63(75,76)77)25-44(14-37)64(78,79)80)40(29-93)23-59(53)98-56-9-5-34(38-15-45(65(81,82)83)26-46(16-38)66(84,85)86)21-51(56)52-22-35(6-10-57(52)98)39-17-47(67(87,88)89)27-48(18-39)68(90,91)92/h3-28H,1-2H3. The number of benzene rings is 9. The van der Waals surface area contributed by atoms with Crippen LogP contribution in [-0.2, 0) is 49.4 Å². The minimum Gasteiger partial charge on any atom is -0.308 e. The van der Waals surface area contributed by atoms with E-state index >= 15 is 0 Å². The van der Waals surface area contributed by atoms with E-state index in [9.17, 15) is 111 Å². The SMILES string of the molecule is Cc1nc(C)nc(-c2cc(-n3c4ccc(-c5cc(C(F)(F)F)cc(C(F)(F)F)c5)cc4c4cc(-c5cc(C(F)(F)F)cc(C(F)(F)F)c5)ccc43)c(C#N)cc2-n2c3ccc(-c4cc(C(F)(F)F)cc(C(F)(F)F)c4)cc3c3cc(-c4cc(C(F)(F)F)cc(C(F)(F)F)c4)ccc32)n1. The highest BCUT2D eigenvalue weighted by molar-refractivity contribution is 6.14. The van der Waals surface area contributed by atoms with Gasteiger partial charge in [-0.25, -0.2) is 15.0 Å². The molecule has 0 aliphatic carbocycles. The largest absolute Gasteiger partial charge is 0.416 e. The van der Waals surface area contributed by atoms with Crippen LogP contribution in [0.5, 0.6) is 0 Å². The zero-order valence-corrected chi connectivity index (χ0v) is 48.8. The fourth-order valence-electron chi connectivity index (χ4n) is 11.7. The van der Waals surface area contributed by atoms with E-state index in [2.05, 4.69) is 15.0 Å². The molecule has 6 nitrogen and oxygen atoms in total. The van der Waals surface area contributed by atoms with Crippen molar-refractivity contribution in [1.29, 1.82) is 5.26 Å². The average Bonchev–Trinajstić information content (AvgIpc) is 1.56. The van der Waals surface area contributed by atoms with Gasteiger partial charge in [0.2, 0.25) is 0 Å². The first kappa shape index (κ1) is 67.4. The Morgan fingerprint density at radius 1 is 0.276 bits per heavy atom. The van der Waals surface area contributed by atoms with Crippen molar-refractivity contribution in [3.05, 3.63) is 219 Å². The van der Waals surface area contributed by atoms with Crippen LogP contribution in [0.25, 0.3) is 111 Å². The lowest BCUT2D eigenvalue weighted by atomic mass is 9.96. The van der Waals surface area contributed by atoms with Crippen LogP contribution >= 0.6 is 0 Å². The fraction of sp³-hybridized carbons (Fsp3) is 0.147. The smallest absolute Gasteiger partial charge is 0.308 e. The molecule has 0 spiro atoms. The maximum atomic E-state index is 14.3. The quantitative estimate of drug-likeness (QED) is 0.149. The summed E-state index contributed by atoms with van der Waals surface area (Å²) in [6.45, 7) is 2.82. The van der Waals surface area contributed by atoms with E-state index in [1.54, 1.807) is 0 Å². The van der Waals surface area contributed by atoms with Crippen LogP contribution < -0.4 is 0 Å². The number of rotatable bonds is 7. The first-order chi connectivity index (χ1) is 45.3. The Morgan fingerprint density at radius 2 is 0.510 bits per heavy atom. The zero-order chi connectivity index (χ0) is 71.3. The topological polar surface area (TPSA) is 72.3 Å². The maximum Gasteiger partial charge on any atom is 0.416 e. The zero-order valence-electron chi connectivity index (χ0n) is 48.8. The van der Waals surface area contributed by atoms with Crippen molar-refractivity contribution in [3.63, 3.8) is 0 Å². The number of fused-ring (bicyclic) bond motifs is 6. The molecule has 502 valence electrons. The normalized spacial score (nSPS) is 13.2. The number of hydrogen-bond donors (Lipinski definition) is 0. The van der Waals surface area contributed by atoms with Gasteiger partial charge in [0.15, 0.2) is 5.82 Å². The number of nitriles is 1. The molecule has 98 heavy (non-hydrogen) atoms. The van der Waals surface area contributed by atoms with E-state index in [0.717, 1.165) is 48.5 Å². The molecule has 0 bridgehead atoms. The molecule has 12 aromatic rings. The van der Waals surface area contributed by atoms with Crippen molar-refractivity contribution in [2.75, 3.05) is 0 Å². The van der Waals surface area contributed by atoms with Gasteiger partial charge >= 0.3 is 49.4 Å². The molecular weight excluding hydrogens is 1360 g/mol. The van der Waals surface area contributed by atoms with Crippen molar-refractivity contribution in [3.8, 4) is 73.3 Å². The third-order valence-electron chi connectivity index (χ3n) is 16.0. The lowest BCUT2D eigenvalue weighted by molar-refractivity contribution is -0.144. The molecule has 30 heteroatoms. The van der Waals surface area contributed by atoms with Gasteiger partial charge in [0, 0.05) is 27.1 Å². The summed E-state index contributed by atoms with van der Waals surface area (Å²) in [5.74, 6) is -0.224. The van der Waals surface area contributed by atoms with Gasteiger partial charge in [0.05, 0.1) is 83.5 Å². The first-order valence-corrected chi connectivity index (χ1v) is 28.0. The summed E-state index contributed by atoms with van der Waals surface area (Å²) < 4.78 is 347. The van der Waals surface area contributed by atoms with Crippen LogP contribution in [0.1, 0.15) is 61.7 Å². The van der Waals surface area contributed by atoms with Crippen LogP contribution in [-0.4, -0.2) is 24.1 Å². The van der Waals surface area contributed by atoms with E-state index in [1.807, 2.05) is 6.07 Å². The van der Waals surface area contributed by atoms with Gasteiger partial charge in [-0.1, -0.05) is 24.3 Å². The van der Waals surface area contributed by atoms with Crippen LogP contribution in [0.4, 0.5) is 105 Å². The second-order valence-corrected chi connectivity index (χ2v) is 22.5. The Bertz CT molecular complexity index is 4900. The number of aryl methyl sites for hydroxylation is 2.